The lowest BCUT2D eigenvalue weighted by atomic mass is 10.3. The first-order chi connectivity index (χ1) is 8.66. The summed E-state index contributed by atoms with van der Waals surface area (Å²) in [7, 11) is 0. The number of fused-ring (bicyclic) bond motifs is 1. The van der Waals surface area contributed by atoms with Crippen molar-refractivity contribution in [3.8, 4) is 0 Å². The molecule has 0 saturated heterocycles. The molecule has 0 bridgehead atoms. The molecule has 0 atom stereocenters. The molecule has 0 saturated carbocycles. The molecule has 0 N–H and O–H groups in total. The van der Waals surface area contributed by atoms with Gasteiger partial charge in [-0.05, 0) is 42.9 Å². The molecule has 0 fully saturated rings. The van der Waals surface area contributed by atoms with E-state index in [1.807, 2.05) is 19.1 Å². The number of carbonyl (C=O) groups excluding carboxylic acids is 1. The summed E-state index contributed by atoms with van der Waals surface area (Å²) in [6, 6.07) is 6.99. The van der Waals surface area contributed by atoms with E-state index >= 15 is 0 Å². The van der Waals surface area contributed by atoms with Crippen LogP contribution in [0.5, 0.6) is 0 Å². The third kappa shape index (κ3) is 1.58. The molecule has 0 spiro atoms. The minimum absolute atomic E-state index is 0.210. The smallest absolute Gasteiger partial charge is 0.315 e. The van der Waals surface area contributed by atoms with Crippen molar-refractivity contribution in [2.24, 2.45) is 0 Å². The van der Waals surface area contributed by atoms with Gasteiger partial charge >= 0.3 is 5.91 Å². The Hall–Kier alpha value is -2.21. The van der Waals surface area contributed by atoms with Crippen LogP contribution in [-0.2, 0) is 0 Å². The van der Waals surface area contributed by atoms with Crippen LogP contribution in [0.25, 0.3) is 5.65 Å². The highest BCUT2D eigenvalue weighted by Gasteiger charge is 2.16. The molecule has 6 heteroatoms. The first kappa shape index (κ1) is 10.9. The van der Waals surface area contributed by atoms with Crippen LogP contribution in [0.4, 0.5) is 0 Å². The average molecular weight is 259 g/mol. The lowest BCUT2D eigenvalue weighted by molar-refractivity contribution is 0.0910. The third-order valence-corrected chi connectivity index (χ3v) is 2.85. The fourth-order valence-corrected chi connectivity index (χ4v) is 2.02. The predicted octanol–water partition coefficient (Wildman–Crippen LogP) is 2.46. The second-order valence-electron chi connectivity index (χ2n) is 3.90. The zero-order valence-electron chi connectivity index (χ0n) is 9.53. The Labute approximate surface area is 107 Å². The topological polar surface area (TPSA) is 52.4 Å². The van der Waals surface area contributed by atoms with Crippen LogP contribution < -0.4 is 0 Å². The van der Waals surface area contributed by atoms with E-state index in [1.54, 1.807) is 22.8 Å². The summed E-state index contributed by atoms with van der Waals surface area (Å²) >= 11 is 5.11. The Morgan fingerprint density at radius 3 is 2.94 bits per heavy atom. The van der Waals surface area contributed by atoms with Crippen LogP contribution in [0.2, 0.25) is 0 Å². The number of nitrogens with zero attached hydrogens (tertiary/aromatic N) is 3. The van der Waals surface area contributed by atoms with E-state index in [0.29, 0.717) is 5.65 Å². The molecule has 18 heavy (non-hydrogen) atoms. The molecule has 0 radical (unpaired) electrons. The van der Waals surface area contributed by atoms with E-state index in [0.717, 1.165) is 5.56 Å². The van der Waals surface area contributed by atoms with Gasteiger partial charge in [-0.25, -0.2) is 4.52 Å². The predicted molar refractivity (Wildman–Crippen MR) is 67.2 cm³/mol. The van der Waals surface area contributed by atoms with Crippen molar-refractivity contribution >= 4 is 23.8 Å². The molecule has 0 unspecified atom stereocenters. The van der Waals surface area contributed by atoms with Crippen molar-refractivity contribution in [2.45, 2.75) is 6.92 Å². The fourth-order valence-electron chi connectivity index (χ4n) is 1.76. The molecule has 3 heterocycles. The Balaban J connectivity index is 2.29. The van der Waals surface area contributed by atoms with Crippen molar-refractivity contribution in [1.29, 1.82) is 0 Å². The number of pyridine rings is 1. The maximum atomic E-state index is 12.3. The van der Waals surface area contributed by atoms with Crippen LogP contribution in [0, 0.1) is 11.7 Å². The maximum Gasteiger partial charge on any atom is 0.315 e. The Morgan fingerprint density at radius 1 is 1.39 bits per heavy atom. The van der Waals surface area contributed by atoms with Gasteiger partial charge in [0.05, 0.1) is 6.26 Å². The van der Waals surface area contributed by atoms with Gasteiger partial charge in [0.2, 0.25) is 4.77 Å². The number of aryl methyl sites for hydroxylation is 1. The molecular weight excluding hydrogens is 250 g/mol. The van der Waals surface area contributed by atoms with Crippen molar-refractivity contribution in [3.63, 3.8) is 0 Å². The third-order valence-electron chi connectivity index (χ3n) is 2.59. The fraction of sp³-hybridized carbons (Fsp3) is 0.0833. The van der Waals surface area contributed by atoms with E-state index in [2.05, 4.69) is 4.98 Å². The van der Waals surface area contributed by atoms with Gasteiger partial charge in [-0.15, -0.1) is 0 Å². The average Bonchev–Trinajstić information content (AvgIpc) is 2.94. The van der Waals surface area contributed by atoms with Gasteiger partial charge < -0.3 is 4.42 Å². The normalized spacial score (nSPS) is 10.9. The quantitative estimate of drug-likeness (QED) is 0.630. The largest absolute Gasteiger partial charge is 0.459 e. The monoisotopic (exact) mass is 259 g/mol. The molecule has 0 aliphatic rings. The summed E-state index contributed by atoms with van der Waals surface area (Å²) in [6.45, 7) is 1.93. The van der Waals surface area contributed by atoms with Crippen molar-refractivity contribution < 1.29 is 9.21 Å². The standard InChI is InChI=1S/C12H9N3O2S/c1-8-4-5-10-13-12(18)15(14(10)7-8)11(16)9-3-2-6-17-9/h2-7H,1H3. The minimum atomic E-state index is -0.330. The lowest BCUT2D eigenvalue weighted by Crippen LogP contribution is -2.16. The van der Waals surface area contributed by atoms with E-state index < -0.39 is 0 Å². The maximum absolute atomic E-state index is 12.3. The SMILES string of the molecule is Cc1ccc2nc(=S)n(C(=O)c3ccco3)n2c1. The number of aromatic nitrogens is 3. The van der Waals surface area contributed by atoms with Crippen molar-refractivity contribution in [1.82, 2.24) is 14.2 Å². The summed E-state index contributed by atoms with van der Waals surface area (Å²) < 4.78 is 8.25. The summed E-state index contributed by atoms with van der Waals surface area (Å²) in [6.07, 6.45) is 3.25. The molecule has 3 aromatic heterocycles. The molecule has 0 aliphatic heterocycles. The highest BCUT2D eigenvalue weighted by atomic mass is 32.1. The van der Waals surface area contributed by atoms with Gasteiger partial charge in [-0.3, -0.25) is 4.79 Å². The highest BCUT2D eigenvalue weighted by molar-refractivity contribution is 7.71. The molecule has 3 aromatic rings. The Kier molecular flexibility index (Phi) is 2.38. The molecule has 90 valence electrons. The van der Waals surface area contributed by atoms with Crippen LogP contribution >= 0.6 is 12.2 Å². The summed E-state index contributed by atoms with van der Waals surface area (Å²) in [4.78, 5) is 16.4. The first-order valence-corrected chi connectivity index (χ1v) is 5.74. The molecule has 0 aromatic carbocycles. The first-order valence-electron chi connectivity index (χ1n) is 5.33. The summed E-state index contributed by atoms with van der Waals surface area (Å²) in [5.74, 6) is -0.0995. The van der Waals surface area contributed by atoms with Gasteiger partial charge in [0.25, 0.3) is 0 Å². The molecule has 0 aliphatic carbocycles. The number of rotatable bonds is 1. The van der Waals surface area contributed by atoms with Gasteiger partial charge in [-0.2, -0.15) is 9.67 Å². The van der Waals surface area contributed by atoms with Crippen LogP contribution in [0.15, 0.2) is 41.1 Å². The van der Waals surface area contributed by atoms with Gasteiger partial charge in [0.15, 0.2) is 11.4 Å². The number of carbonyl (C=O) groups is 1. The van der Waals surface area contributed by atoms with Gasteiger partial charge in [-0.1, -0.05) is 6.07 Å². The number of furan rings is 1. The molecular formula is C12H9N3O2S. The van der Waals surface area contributed by atoms with E-state index in [-0.39, 0.29) is 16.4 Å². The number of hydrogen-bond acceptors (Lipinski definition) is 4. The van der Waals surface area contributed by atoms with E-state index in [9.17, 15) is 4.79 Å². The Morgan fingerprint density at radius 2 is 2.22 bits per heavy atom. The second-order valence-corrected chi connectivity index (χ2v) is 4.26. The van der Waals surface area contributed by atoms with Crippen molar-refractivity contribution in [3.05, 3.63) is 52.8 Å². The number of hydrogen-bond donors (Lipinski definition) is 0. The molecule has 3 rings (SSSR count). The molecule has 0 amide bonds. The van der Waals surface area contributed by atoms with Crippen LogP contribution in [0.1, 0.15) is 16.1 Å². The van der Waals surface area contributed by atoms with Crippen molar-refractivity contribution in [2.75, 3.05) is 0 Å². The summed E-state index contributed by atoms with van der Waals surface area (Å²) in [5, 5.41) is 0. The Bertz CT molecular complexity index is 783. The van der Waals surface area contributed by atoms with Gasteiger partial charge in [0.1, 0.15) is 0 Å². The summed E-state index contributed by atoms with van der Waals surface area (Å²) in [5.41, 5.74) is 1.64. The minimum Gasteiger partial charge on any atom is -0.459 e. The van der Waals surface area contributed by atoms with E-state index in [1.165, 1.54) is 10.9 Å². The second kappa shape index (κ2) is 3.92. The zero-order valence-corrected chi connectivity index (χ0v) is 10.3. The highest BCUT2D eigenvalue weighted by Crippen LogP contribution is 2.09. The zero-order chi connectivity index (χ0) is 12.7. The van der Waals surface area contributed by atoms with Crippen LogP contribution in [0.3, 0.4) is 0 Å². The van der Waals surface area contributed by atoms with Crippen LogP contribution in [-0.4, -0.2) is 20.1 Å². The van der Waals surface area contributed by atoms with E-state index in [4.69, 9.17) is 16.6 Å². The molecule has 5 nitrogen and oxygen atoms in total. The van der Waals surface area contributed by atoms with Gasteiger partial charge in [0, 0.05) is 6.20 Å². The lowest BCUT2D eigenvalue weighted by Gasteiger charge is -2.03.